The van der Waals surface area contributed by atoms with Gasteiger partial charge in [0.25, 0.3) is 0 Å². The fourth-order valence-corrected chi connectivity index (χ4v) is 5.20. The number of hydrogen-bond donors (Lipinski definition) is 0. The van der Waals surface area contributed by atoms with E-state index in [-0.39, 0.29) is 16.6 Å². The number of amides is 1. The lowest BCUT2D eigenvalue weighted by molar-refractivity contribution is -0.133. The summed E-state index contributed by atoms with van der Waals surface area (Å²) in [5.74, 6) is -0.238. The molecule has 1 aliphatic heterocycles. The normalized spacial score (nSPS) is 15.1. The van der Waals surface area contributed by atoms with Crippen LogP contribution in [0.2, 0.25) is 10.0 Å². The highest BCUT2D eigenvalue weighted by atomic mass is 35.5. The van der Waals surface area contributed by atoms with Crippen molar-refractivity contribution in [2.24, 2.45) is 0 Å². The van der Waals surface area contributed by atoms with E-state index in [4.69, 9.17) is 23.2 Å². The molecule has 2 aromatic rings. The SMILES string of the molecule is CC[C@@H](C(=O)N1CCc2ccccc2C1)N(c1cc(Cl)ccc1Cl)S(C)(=O)=O. The van der Waals surface area contributed by atoms with Crippen molar-refractivity contribution in [1.29, 1.82) is 0 Å². The Kier molecular flexibility index (Phi) is 6.22. The number of benzene rings is 2. The van der Waals surface area contributed by atoms with Gasteiger partial charge in [-0.3, -0.25) is 9.10 Å². The number of hydrogen-bond acceptors (Lipinski definition) is 3. The summed E-state index contributed by atoms with van der Waals surface area (Å²) in [6.45, 7) is 2.80. The van der Waals surface area contributed by atoms with Crippen molar-refractivity contribution >= 4 is 44.8 Å². The van der Waals surface area contributed by atoms with Crippen LogP contribution < -0.4 is 4.31 Å². The summed E-state index contributed by atoms with van der Waals surface area (Å²) < 4.78 is 26.4. The highest BCUT2D eigenvalue weighted by Crippen LogP contribution is 2.33. The molecule has 0 saturated carbocycles. The Morgan fingerprint density at radius 2 is 1.86 bits per heavy atom. The number of halogens is 2. The molecule has 0 N–H and O–H groups in total. The zero-order chi connectivity index (χ0) is 20.5. The first-order valence-corrected chi connectivity index (χ1v) is 11.6. The third-order valence-electron chi connectivity index (χ3n) is 4.90. The van der Waals surface area contributed by atoms with Crippen LogP contribution in [0.1, 0.15) is 24.5 Å². The van der Waals surface area contributed by atoms with Crippen LogP contribution in [0.3, 0.4) is 0 Å². The van der Waals surface area contributed by atoms with Gasteiger partial charge in [-0.15, -0.1) is 0 Å². The van der Waals surface area contributed by atoms with Gasteiger partial charge in [-0.1, -0.05) is 54.4 Å². The fourth-order valence-electron chi connectivity index (χ4n) is 3.57. The minimum absolute atomic E-state index is 0.217. The van der Waals surface area contributed by atoms with Gasteiger partial charge < -0.3 is 4.90 Å². The first-order chi connectivity index (χ1) is 13.2. The summed E-state index contributed by atoms with van der Waals surface area (Å²) in [6, 6.07) is 11.7. The van der Waals surface area contributed by atoms with Gasteiger partial charge in [0.1, 0.15) is 6.04 Å². The van der Waals surface area contributed by atoms with Gasteiger partial charge in [-0.25, -0.2) is 8.42 Å². The van der Waals surface area contributed by atoms with Gasteiger partial charge in [0.2, 0.25) is 15.9 Å². The predicted molar refractivity (Wildman–Crippen MR) is 113 cm³/mol. The van der Waals surface area contributed by atoms with E-state index in [1.807, 2.05) is 18.2 Å². The van der Waals surface area contributed by atoms with Gasteiger partial charge in [-0.05, 0) is 42.2 Å². The van der Waals surface area contributed by atoms with Crippen LogP contribution in [0.4, 0.5) is 5.69 Å². The van der Waals surface area contributed by atoms with Crippen LogP contribution in [-0.4, -0.2) is 38.1 Å². The van der Waals surface area contributed by atoms with E-state index in [1.165, 1.54) is 17.7 Å². The Balaban J connectivity index is 1.97. The highest BCUT2D eigenvalue weighted by molar-refractivity contribution is 7.92. The maximum Gasteiger partial charge on any atom is 0.246 e. The first kappa shape index (κ1) is 21.0. The number of carbonyl (C=O) groups excluding carboxylic acids is 1. The Morgan fingerprint density at radius 3 is 2.50 bits per heavy atom. The maximum atomic E-state index is 13.3. The zero-order valence-electron chi connectivity index (χ0n) is 15.7. The molecule has 28 heavy (non-hydrogen) atoms. The lowest BCUT2D eigenvalue weighted by Crippen LogP contribution is -2.51. The Labute approximate surface area is 175 Å². The molecule has 1 aliphatic rings. The first-order valence-electron chi connectivity index (χ1n) is 9.02. The highest BCUT2D eigenvalue weighted by Gasteiger charge is 2.36. The minimum Gasteiger partial charge on any atom is -0.336 e. The summed E-state index contributed by atoms with van der Waals surface area (Å²) in [5.41, 5.74) is 2.52. The quantitative estimate of drug-likeness (QED) is 0.702. The number of fused-ring (bicyclic) bond motifs is 1. The van der Waals surface area contributed by atoms with Crippen molar-refractivity contribution in [2.75, 3.05) is 17.1 Å². The van der Waals surface area contributed by atoms with Gasteiger partial charge in [0, 0.05) is 18.1 Å². The average molecular weight is 441 g/mol. The van der Waals surface area contributed by atoms with E-state index in [1.54, 1.807) is 17.9 Å². The number of nitrogens with zero attached hydrogens (tertiary/aromatic N) is 2. The summed E-state index contributed by atoms with van der Waals surface area (Å²) in [7, 11) is -3.77. The van der Waals surface area contributed by atoms with Crippen LogP contribution in [-0.2, 0) is 27.8 Å². The molecular formula is C20H22Cl2N2O3S. The molecule has 0 unspecified atom stereocenters. The van der Waals surface area contributed by atoms with Crippen molar-refractivity contribution in [3.05, 3.63) is 63.6 Å². The summed E-state index contributed by atoms with van der Waals surface area (Å²) in [6.07, 6.45) is 2.13. The molecule has 0 aromatic heterocycles. The summed E-state index contributed by atoms with van der Waals surface area (Å²) in [4.78, 5) is 15.1. The Morgan fingerprint density at radius 1 is 1.18 bits per heavy atom. The van der Waals surface area contributed by atoms with Gasteiger partial charge >= 0.3 is 0 Å². The van der Waals surface area contributed by atoms with E-state index < -0.39 is 16.1 Å². The van der Waals surface area contributed by atoms with Crippen LogP contribution in [0.5, 0.6) is 0 Å². The molecule has 0 saturated heterocycles. The molecule has 0 radical (unpaired) electrons. The molecule has 2 aromatic carbocycles. The molecule has 0 aliphatic carbocycles. The monoisotopic (exact) mass is 440 g/mol. The molecule has 1 atom stereocenters. The summed E-state index contributed by atoms with van der Waals surface area (Å²) >= 11 is 12.3. The average Bonchev–Trinajstić information content (AvgIpc) is 2.66. The molecule has 8 heteroatoms. The maximum absolute atomic E-state index is 13.3. The standard InChI is InChI=1S/C20H22Cl2N2O3S/c1-3-18(20(25)23-11-10-14-6-4-5-7-15(14)13-23)24(28(2,26)27)19-12-16(21)8-9-17(19)22/h4-9,12,18H,3,10-11,13H2,1-2H3/t18-/m0/s1. The number of sulfonamides is 1. The topological polar surface area (TPSA) is 57.7 Å². The number of anilines is 1. The zero-order valence-corrected chi connectivity index (χ0v) is 18.1. The van der Waals surface area contributed by atoms with Crippen LogP contribution >= 0.6 is 23.2 Å². The van der Waals surface area contributed by atoms with Gasteiger partial charge in [0.15, 0.2) is 0 Å². The van der Waals surface area contributed by atoms with Crippen molar-refractivity contribution in [1.82, 2.24) is 4.90 Å². The van der Waals surface area contributed by atoms with Gasteiger partial charge in [0.05, 0.1) is 17.0 Å². The largest absolute Gasteiger partial charge is 0.336 e. The van der Waals surface area contributed by atoms with Crippen molar-refractivity contribution < 1.29 is 13.2 Å². The van der Waals surface area contributed by atoms with E-state index in [9.17, 15) is 13.2 Å². The summed E-state index contributed by atoms with van der Waals surface area (Å²) in [5, 5.41) is 0.576. The lowest BCUT2D eigenvalue weighted by Gasteiger charge is -2.36. The van der Waals surface area contributed by atoms with Crippen molar-refractivity contribution in [3.63, 3.8) is 0 Å². The third kappa shape index (κ3) is 4.29. The van der Waals surface area contributed by atoms with E-state index in [0.29, 0.717) is 24.5 Å². The van der Waals surface area contributed by atoms with Crippen LogP contribution in [0.15, 0.2) is 42.5 Å². The molecule has 1 amide bonds. The van der Waals surface area contributed by atoms with Crippen LogP contribution in [0, 0.1) is 0 Å². The van der Waals surface area contributed by atoms with E-state index in [0.717, 1.165) is 22.5 Å². The van der Waals surface area contributed by atoms with Crippen molar-refractivity contribution in [2.45, 2.75) is 32.4 Å². The second-order valence-corrected chi connectivity index (χ2v) is 9.56. The second kappa shape index (κ2) is 8.31. The van der Waals surface area contributed by atoms with E-state index >= 15 is 0 Å². The molecule has 0 spiro atoms. The van der Waals surface area contributed by atoms with E-state index in [2.05, 4.69) is 6.07 Å². The fraction of sp³-hybridized carbons (Fsp3) is 0.350. The smallest absolute Gasteiger partial charge is 0.246 e. The molecule has 5 nitrogen and oxygen atoms in total. The third-order valence-corrected chi connectivity index (χ3v) is 6.62. The molecule has 0 bridgehead atoms. The van der Waals surface area contributed by atoms with Gasteiger partial charge in [-0.2, -0.15) is 0 Å². The van der Waals surface area contributed by atoms with Crippen LogP contribution in [0.25, 0.3) is 0 Å². The second-order valence-electron chi connectivity index (χ2n) is 6.86. The molecule has 0 fully saturated rings. The predicted octanol–water partition coefficient (Wildman–Crippen LogP) is 4.12. The Bertz CT molecular complexity index is 995. The van der Waals surface area contributed by atoms with Crippen molar-refractivity contribution in [3.8, 4) is 0 Å². The molecule has 150 valence electrons. The number of rotatable bonds is 5. The lowest BCUT2D eigenvalue weighted by atomic mass is 9.99. The minimum atomic E-state index is -3.77. The Hall–Kier alpha value is -1.76. The number of carbonyl (C=O) groups is 1. The molecular weight excluding hydrogens is 419 g/mol. The molecule has 3 rings (SSSR count). The molecule has 1 heterocycles.